The Morgan fingerprint density at radius 1 is 1.29 bits per heavy atom. The van der Waals surface area contributed by atoms with Crippen LogP contribution >= 0.6 is 0 Å². The summed E-state index contributed by atoms with van der Waals surface area (Å²) in [6.07, 6.45) is 4.22. The van der Waals surface area contributed by atoms with Crippen molar-refractivity contribution in [1.29, 1.82) is 5.26 Å². The summed E-state index contributed by atoms with van der Waals surface area (Å²) in [6.45, 7) is 1.46. The Morgan fingerprint density at radius 3 is 2.94 bits per heavy atom. The third-order valence-corrected chi connectivity index (χ3v) is 2.47. The van der Waals surface area contributed by atoms with Crippen LogP contribution in [0.3, 0.4) is 0 Å². The Balaban J connectivity index is 2.09. The summed E-state index contributed by atoms with van der Waals surface area (Å²) in [6, 6.07) is 12.1. The quantitative estimate of drug-likeness (QED) is 0.792. The zero-order valence-electron chi connectivity index (χ0n) is 9.50. The Morgan fingerprint density at radius 2 is 2.18 bits per heavy atom. The fourth-order valence-corrected chi connectivity index (χ4v) is 1.66. The monoisotopic (exact) mass is 226 g/mol. The van der Waals surface area contributed by atoms with E-state index in [1.165, 1.54) is 5.56 Å². The summed E-state index contributed by atoms with van der Waals surface area (Å²) in [5.41, 5.74) is 2.25. The van der Waals surface area contributed by atoms with Crippen molar-refractivity contribution in [2.75, 3.05) is 6.54 Å². The first-order valence-electron chi connectivity index (χ1n) is 5.57. The minimum Gasteiger partial charge on any atom is -0.312 e. The second-order valence-electron chi connectivity index (χ2n) is 3.66. The van der Waals surface area contributed by atoms with Gasteiger partial charge in [-0.1, -0.05) is 18.2 Å². The Bertz CT molecular complexity index is 496. The first-order chi connectivity index (χ1) is 8.42. The smallest absolute Gasteiger partial charge is 0.0690 e. The van der Waals surface area contributed by atoms with Gasteiger partial charge >= 0.3 is 0 Å². The molecular formula is C13H14N4. The second kappa shape index (κ2) is 5.83. The predicted octanol–water partition coefficient (Wildman–Crippen LogP) is 1.88. The standard InChI is InChI=1S/C13H14N4/c14-7-3-8-15-11-12-5-1-2-6-13(12)17-10-4-9-16-17/h1-2,4-6,9-10,15H,3,8,11H2. The summed E-state index contributed by atoms with van der Waals surface area (Å²) < 4.78 is 1.85. The third kappa shape index (κ3) is 2.92. The third-order valence-electron chi connectivity index (χ3n) is 2.47. The fourth-order valence-electron chi connectivity index (χ4n) is 1.66. The molecule has 0 fully saturated rings. The van der Waals surface area contributed by atoms with E-state index in [0.717, 1.165) is 12.2 Å². The van der Waals surface area contributed by atoms with Gasteiger partial charge in [0.05, 0.1) is 11.8 Å². The van der Waals surface area contributed by atoms with Gasteiger partial charge in [0.2, 0.25) is 0 Å². The molecule has 0 radical (unpaired) electrons. The zero-order valence-corrected chi connectivity index (χ0v) is 9.50. The molecule has 4 nitrogen and oxygen atoms in total. The van der Waals surface area contributed by atoms with Gasteiger partial charge in [-0.15, -0.1) is 0 Å². The highest BCUT2D eigenvalue weighted by atomic mass is 15.3. The summed E-state index contributed by atoms with van der Waals surface area (Å²) in [5, 5.41) is 15.9. The number of nitrogens with one attached hydrogen (secondary N) is 1. The SMILES string of the molecule is N#CCCNCc1ccccc1-n1cccn1. The Hall–Kier alpha value is -2.12. The van der Waals surface area contributed by atoms with Crippen LogP contribution in [0.2, 0.25) is 0 Å². The van der Waals surface area contributed by atoms with Crippen LogP contribution in [-0.4, -0.2) is 16.3 Å². The van der Waals surface area contributed by atoms with Crippen molar-refractivity contribution < 1.29 is 0 Å². The van der Waals surface area contributed by atoms with Crippen molar-refractivity contribution in [1.82, 2.24) is 15.1 Å². The fraction of sp³-hybridized carbons (Fsp3) is 0.231. The van der Waals surface area contributed by atoms with Crippen molar-refractivity contribution in [3.05, 3.63) is 48.3 Å². The van der Waals surface area contributed by atoms with Crippen molar-refractivity contribution >= 4 is 0 Å². The molecular weight excluding hydrogens is 212 g/mol. The molecule has 2 aromatic rings. The van der Waals surface area contributed by atoms with E-state index in [9.17, 15) is 0 Å². The molecule has 0 saturated heterocycles. The second-order valence-corrected chi connectivity index (χ2v) is 3.66. The van der Waals surface area contributed by atoms with Crippen LogP contribution in [0.1, 0.15) is 12.0 Å². The highest BCUT2D eigenvalue weighted by Crippen LogP contribution is 2.12. The van der Waals surface area contributed by atoms with Gasteiger partial charge in [0, 0.05) is 31.9 Å². The molecule has 1 aromatic heterocycles. The number of aromatic nitrogens is 2. The number of para-hydroxylation sites is 1. The zero-order chi connectivity index (χ0) is 11.9. The maximum Gasteiger partial charge on any atom is 0.0690 e. The lowest BCUT2D eigenvalue weighted by Gasteiger charge is -2.09. The van der Waals surface area contributed by atoms with Gasteiger partial charge in [0.1, 0.15) is 0 Å². The molecule has 1 N–H and O–H groups in total. The van der Waals surface area contributed by atoms with Crippen molar-refractivity contribution in [2.24, 2.45) is 0 Å². The molecule has 0 amide bonds. The summed E-state index contributed by atoms with van der Waals surface area (Å²) in [5.74, 6) is 0. The van der Waals surface area contributed by atoms with Crippen molar-refractivity contribution in [3.63, 3.8) is 0 Å². The van der Waals surface area contributed by atoms with Gasteiger partial charge in [0.25, 0.3) is 0 Å². The highest BCUT2D eigenvalue weighted by Gasteiger charge is 2.02. The lowest BCUT2D eigenvalue weighted by Crippen LogP contribution is -2.15. The van der Waals surface area contributed by atoms with Crippen molar-refractivity contribution in [3.8, 4) is 11.8 Å². The normalized spacial score (nSPS) is 10.1. The minimum absolute atomic E-state index is 0.532. The topological polar surface area (TPSA) is 53.6 Å². The molecule has 4 heteroatoms. The van der Waals surface area contributed by atoms with Gasteiger partial charge in [-0.25, -0.2) is 4.68 Å². The van der Waals surface area contributed by atoms with E-state index in [4.69, 9.17) is 5.26 Å². The first-order valence-corrected chi connectivity index (χ1v) is 5.57. The summed E-state index contributed by atoms with van der Waals surface area (Å²) in [4.78, 5) is 0. The van der Waals surface area contributed by atoms with Crippen LogP contribution in [0.5, 0.6) is 0 Å². The molecule has 0 aliphatic heterocycles. The van der Waals surface area contributed by atoms with E-state index in [1.807, 2.05) is 35.1 Å². The molecule has 0 aliphatic carbocycles. The number of nitrogens with zero attached hydrogens (tertiary/aromatic N) is 3. The molecule has 0 aliphatic rings. The lowest BCUT2D eigenvalue weighted by atomic mass is 10.2. The lowest BCUT2D eigenvalue weighted by molar-refractivity contribution is 0.692. The molecule has 1 aromatic carbocycles. The predicted molar refractivity (Wildman–Crippen MR) is 65.5 cm³/mol. The van der Waals surface area contributed by atoms with Crippen LogP contribution in [0.25, 0.3) is 5.69 Å². The maximum atomic E-state index is 8.46. The summed E-state index contributed by atoms with van der Waals surface area (Å²) >= 11 is 0. The number of hydrogen-bond acceptors (Lipinski definition) is 3. The van der Waals surface area contributed by atoms with E-state index in [-0.39, 0.29) is 0 Å². The molecule has 0 spiro atoms. The van der Waals surface area contributed by atoms with E-state index < -0.39 is 0 Å². The van der Waals surface area contributed by atoms with E-state index in [1.54, 1.807) is 6.20 Å². The van der Waals surface area contributed by atoms with E-state index in [0.29, 0.717) is 13.0 Å². The van der Waals surface area contributed by atoms with Crippen LogP contribution in [0, 0.1) is 11.3 Å². The van der Waals surface area contributed by atoms with Gasteiger partial charge in [-0.2, -0.15) is 10.4 Å². The average Bonchev–Trinajstić information content (AvgIpc) is 2.89. The molecule has 17 heavy (non-hydrogen) atoms. The number of hydrogen-bond donors (Lipinski definition) is 1. The number of nitriles is 1. The highest BCUT2D eigenvalue weighted by molar-refractivity contribution is 5.40. The first kappa shape index (κ1) is 11.4. The van der Waals surface area contributed by atoms with Gasteiger partial charge in [-0.3, -0.25) is 0 Å². The van der Waals surface area contributed by atoms with Crippen LogP contribution in [0.4, 0.5) is 0 Å². The van der Waals surface area contributed by atoms with E-state index >= 15 is 0 Å². The van der Waals surface area contributed by atoms with E-state index in [2.05, 4.69) is 22.6 Å². The number of rotatable bonds is 5. The van der Waals surface area contributed by atoms with Gasteiger partial charge in [0.15, 0.2) is 0 Å². The Kier molecular flexibility index (Phi) is 3.90. The van der Waals surface area contributed by atoms with Crippen molar-refractivity contribution in [2.45, 2.75) is 13.0 Å². The largest absolute Gasteiger partial charge is 0.312 e. The van der Waals surface area contributed by atoms with Gasteiger partial charge in [-0.05, 0) is 17.7 Å². The maximum absolute atomic E-state index is 8.46. The van der Waals surface area contributed by atoms with Gasteiger partial charge < -0.3 is 5.32 Å². The molecule has 0 atom stereocenters. The van der Waals surface area contributed by atoms with Crippen LogP contribution < -0.4 is 5.32 Å². The summed E-state index contributed by atoms with van der Waals surface area (Å²) in [7, 11) is 0. The number of benzene rings is 1. The van der Waals surface area contributed by atoms with Crippen LogP contribution in [-0.2, 0) is 6.54 Å². The molecule has 2 rings (SSSR count). The average molecular weight is 226 g/mol. The minimum atomic E-state index is 0.532. The molecule has 86 valence electrons. The molecule has 0 unspecified atom stereocenters. The van der Waals surface area contributed by atoms with Crippen LogP contribution in [0.15, 0.2) is 42.7 Å². The Labute approximate surface area is 100 Å². The molecule has 0 bridgehead atoms. The molecule has 1 heterocycles. The molecule has 0 saturated carbocycles.